The first-order valence-electron chi connectivity index (χ1n) is 8.43. The van der Waals surface area contributed by atoms with Gasteiger partial charge in [0.05, 0.1) is 11.2 Å². The van der Waals surface area contributed by atoms with E-state index in [9.17, 15) is 0 Å². The molecule has 2 atom stereocenters. The van der Waals surface area contributed by atoms with Crippen molar-refractivity contribution in [2.45, 2.75) is 12.5 Å². The highest BCUT2D eigenvalue weighted by Crippen LogP contribution is 2.36. The van der Waals surface area contributed by atoms with Crippen molar-refractivity contribution < 1.29 is 9.15 Å². The quantitative estimate of drug-likeness (QED) is 0.719. The van der Waals surface area contributed by atoms with Gasteiger partial charge in [0.2, 0.25) is 5.89 Å². The van der Waals surface area contributed by atoms with Crippen molar-refractivity contribution in [2.24, 2.45) is 5.92 Å². The van der Waals surface area contributed by atoms with Gasteiger partial charge >= 0.3 is 0 Å². The molecule has 0 aliphatic carbocycles. The lowest BCUT2D eigenvalue weighted by molar-refractivity contribution is 0.114. The Labute approximate surface area is 151 Å². The summed E-state index contributed by atoms with van der Waals surface area (Å²) in [7, 11) is 0. The van der Waals surface area contributed by atoms with Crippen LogP contribution in [0, 0.1) is 5.92 Å². The fourth-order valence-electron chi connectivity index (χ4n) is 3.20. The third-order valence-electron chi connectivity index (χ3n) is 4.51. The summed E-state index contributed by atoms with van der Waals surface area (Å²) < 4.78 is 11.7. The Kier molecular flexibility index (Phi) is 4.72. The van der Waals surface area contributed by atoms with E-state index in [1.807, 2.05) is 36.4 Å². The number of oxazole rings is 1. The molecule has 2 aromatic carbocycles. The van der Waals surface area contributed by atoms with Gasteiger partial charge in [-0.3, -0.25) is 0 Å². The maximum absolute atomic E-state index is 6.50. The van der Waals surface area contributed by atoms with Gasteiger partial charge in [0.25, 0.3) is 0 Å². The van der Waals surface area contributed by atoms with E-state index in [0.29, 0.717) is 22.6 Å². The lowest BCUT2D eigenvalue weighted by Gasteiger charge is -2.22. The highest BCUT2D eigenvalue weighted by Gasteiger charge is 2.31. The van der Waals surface area contributed by atoms with E-state index in [-0.39, 0.29) is 6.10 Å². The molecule has 25 heavy (non-hydrogen) atoms. The molecular weight excluding hydrogens is 336 g/mol. The zero-order valence-corrected chi connectivity index (χ0v) is 14.4. The fourth-order valence-corrected chi connectivity index (χ4v) is 3.43. The molecule has 2 heterocycles. The predicted molar refractivity (Wildman–Crippen MR) is 97.7 cm³/mol. The van der Waals surface area contributed by atoms with Crippen LogP contribution in [0.25, 0.3) is 11.1 Å². The maximum atomic E-state index is 6.50. The zero-order valence-electron chi connectivity index (χ0n) is 13.7. The molecule has 1 saturated heterocycles. The van der Waals surface area contributed by atoms with Gasteiger partial charge in [0.1, 0.15) is 12.0 Å². The molecule has 3 aromatic rings. The molecular formula is C20H19ClN2O2. The van der Waals surface area contributed by atoms with E-state index in [1.165, 1.54) is 0 Å². The van der Waals surface area contributed by atoms with Gasteiger partial charge in [-0.05, 0) is 36.2 Å². The topological polar surface area (TPSA) is 47.3 Å². The summed E-state index contributed by atoms with van der Waals surface area (Å²) in [6.45, 7) is 1.86. The second-order valence-electron chi connectivity index (χ2n) is 6.17. The third kappa shape index (κ3) is 3.55. The molecule has 128 valence electrons. The molecule has 1 N–H and O–H groups in total. The highest BCUT2D eigenvalue weighted by atomic mass is 35.5. The summed E-state index contributed by atoms with van der Waals surface area (Å²) in [4.78, 5) is 4.29. The van der Waals surface area contributed by atoms with Crippen LogP contribution in [0.3, 0.4) is 0 Å². The summed E-state index contributed by atoms with van der Waals surface area (Å²) in [5.41, 5.74) is 2.19. The SMILES string of the molecule is Clc1cc(-c2ccccc2)ccc1O[C@H](c1ncco1)C1CCNC1. The Hall–Kier alpha value is -2.30. The number of hydrogen-bond donors (Lipinski definition) is 1. The van der Waals surface area contributed by atoms with Crippen LogP contribution in [0.2, 0.25) is 5.02 Å². The molecule has 1 unspecified atom stereocenters. The van der Waals surface area contributed by atoms with Crippen LogP contribution in [-0.2, 0) is 0 Å². The first kappa shape index (κ1) is 16.2. The molecule has 0 radical (unpaired) electrons. The van der Waals surface area contributed by atoms with E-state index in [4.69, 9.17) is 20.8 Å². The number of halogens is 1. The van der Waals surface area contributed by atoms with Crippen molar-refractivity contribution in [3.63, 3.8) is 0 Å². The van der Waals surface area contributed by atoms with Crippen LogP contribution in [-0.4, -0.2) is 18.1 Å². The normalized spacial score (nSPS) is 18.2. The summed E-state index contributed by atoms with van der Waals surface area (Å²) in [6, 6.07) is 16.0. The summed E-state index contributed by atoms with van der Waals surface area (Å²) in [5, 5.41) is 3.95. The van der Waals surface area contributed by atoms with E-state index in [1.54, 1.807) is 12.5 Å². The average molecular weight is 355 g/mol. The molecule has 1 aliphatic heterocycles. The van der Waals surface area contributed by atoms with Crippen molar-refractivity contribution in [2.75, 3.05) is 13.1 Å². The molecule has 1 aromatic heterocycles. The van der Waals surface area contributed by atoms with Crippen molar-refractivity contribution >= 4 is 11.6 Å². The monoisotopic (exact) mass is 354 g/mol. The molecule has 4 rings (SSSR count). The average Bonchev–Trinajstić information content (AvgIpc) is 3.35. The minimum atomic E-state index is -0.245. The third-order valence-corrected chi connectivity index (χ3v) is 4.81. The van der Waals surface area contributed by atoms with Gasteiger partial charge in [0.15, 0.2) is 6.10 Å². The van der Waals surface area contributed by atoms with Crippen LogP contribution in [0.4, 0.5) is 0 Å². The molecule has 0 bridgehead atoms. The summed E-state index contributed by atoms with van der Waals surface area (Å²) >= 11 is 6.50. The Balaban J connectivity index is 1.60. The minimum absolute atomic E-state index is 0.245. The molecule has 0 spiro atoms. The Morgan fingerprint density at radius 2 is 2.04 bits per heavy atom. The summed E-state index contributed by atoms with van der Waals surface area (Å²) in [5.74, 6) is 1.55. The largest absolute Gasteiger partial charge is 0.479 e. The first-order valence-corrected chi connectivity index (χ1v) is 8.81. The van der Waals surface area contributed by atoms with E-state index < -0.39 is 0 Å². The lowest BCUT2D eigenvalue weighted by atomic mass is 10.0. The second kappa shape index (κ2) is 7.30. The predicted octanol–water partition coefficient (Wildman–Crippen LogP) is 4.72. The van der Waals surface area contributed by atoms with E-state index in [0.717, 1.165) is 30.6 Å². The van der Waals surface area contributed by atoms with Crippen molar-refractivity contribution in [1.82, 2.24) is 10.3 Å². The molecule has 0 amide bonds. The molecule has 0 saturated carbocycles. The van der Waals surface area contributed by atoms with Crippen molar-refractivity contribution in [1.29, 1.82) is 0 Å². The Bertz CT molecular complexity index is 815. The van der Waals surface area contributed by atoms with Gasteiger partial charge in [-0.15, -0.1) is 0 Å². The van der Waals surface area contributed by atoms with Gasteiger partial charge in [-0.1, -0.05) is 48.0 Å². The van der Waals surface area contributed by atoms with Gasteiger partial charge < -0.3 is 14.5 Å². The number of nitrogens with one attached hydrogen (secondary N) is 1. The smallest absolute Gasteiger partial charge is 0.235 e. The number of benzene rings is 2. The fraction of sp³-hybridized carbons (Fsp3) is 0.250. The van der Waals surface area contributed by atoms with E-state index in [2.05, 4.69) is 22.4 Å². The number of aromatic nitrogens is 1. The second-order valence-corrected chi connectivity index (χ2v) is 6.58. The number of hydrogen-bond acceptors (Lipinski definition) is 4. The molecule has 1 aliphatic rings. The van der Waals surface area contributed by atoms with Crippen molar-refractivity contribution in [3.05, 3.63) is 71.9 Å². The first-order chi connectivity index (χ1) is 12.3. The van der Waals surface area contributed by atoms with Crippen LogP contribution in [0.5, 0.6) is 5.75 Å². The molecule has 4 nitrogen and oxygen atoms in total. The minimum Gasteiger partial charge on any atom is -0.479 e. The van der Waals surface area contributed by atoms with E-state index >= 15 is 0 Å². The Morgan fingerprint density at radius 3 is 2.72 bits per heavy atom. The number of rotatable bonds is 5. The molecule has 1 fully saturated rings. The van der Waals surface area contributed by atoms with Crippen LogP contribution in [0.15, 0.2) is 65.4 Å². The van der Waals surface area contributed by atoms with Crippen LogP contribution < -0.4 is 10.1 Å². The van der Waals surface area contributed by atoms with Gasteiger partial charge in [-0.25, -0.2) is 4.98 Å². The van der Waals surface area contributed by atoms with Crippen molar-refractivity contribution in [3.8, 4) is 16.9 Å². The zero-order chi connectivity index (χ0) is 17.1. The van der Waals surface area contributed by atoms with Crippen LogP contribution in [0.1, 0.15) is 18.4 Å². The number of ether oxygens (including phenoxy) is 1. The number of nitrogens with zero attached hydrogens (tertiary/aromatic N) is 1. The molecule has 5 heteroatoms. The van der Waals surface area contributed by atoms with Gasteiger partial charge in [-0.2, -0.15) is 0 Å². The maximum Gasteiger partial charge on any atom is 0.235 e. The standard InChI is InChI=1S/C20H19ClN2O2/c21-17-12-15(14-4-2-1-3-5-14)6-7-18(17)25-19(16-8-9-22-13-16)20-23-10-11-24-20/h1-7,10-12,16,19,22H,8-9,13H2/t16?,19-/m0/s1. The van der Waals surface area contributed by atoms with Crippen LogP contribution >= 0.6 is 11.6 Å². The summed E-state index contributed by atoms with van der Waals surface area (Å²) in [6.07, 6.45) is 4.00. The Morgan fingerprint density at radius 1 is 1.16 bits per heavy atom. The highest BCUT2D eigenvalue weighted by molar-refractivity contribution is 6.32. The lowest BCUT2D eigenvalue weighted by Crippen LogP contribution is -2.21. The van der Waals surface area contributed by atoms with Gasteiger partial charge in [0, 0.05) is 12.5 Å².